The van der Waals surface area contributed by atoms with E-state index in [9.17, 15) is 4.79 Å². The van der Waals surface area contributed by atoms with Crippen molar-refractivity contribution in [1.29, 1.82) is 0 Å². The van der Waals surface area contributed by atoms with E-state index in [4.69, 9.17) is 0 Å². The summed E-state index contributed by atoms with van der Waals surface area (Å²) in [4.78, 5) is 16.7. The molecule has 102 valence electrons. The monoisotopic (exact) mass is 266 g/mol. The number of carbonyl (C=O) groups is 1. The molecule has 0 saturated heterocycles. The summed E-state index contributed by atoms with van der Waals surface area (Å²) in [6.07, 6.45) is 0.937. The lowest BCUT2D eigenvalue weighted by Gasteiger charge is -2.22. The van der Waals surface area contributed by atoms with Crippen molar-refractivity contribution in [2.24, 2.45) is 0 Å². The normalized spacial score (nSPS) is 13.2. The summed E-state index contributed by atoms with van der Waals surface area (Å²) in [7, 11) is 3.92. The minimum absolute atomic E-state index is 0.0826. The first-order valence-electron chi connectivity index (χ1n) is 6.84. The number of benzene rings is 2. The van der Waals surface area contributed by atoms with Crippen molar-refractivity contribution in [2.45, 2.75) is 6.42 Å². The molecule has 2 aromatic rings. The zero-order chi connectivity index (χ0) is 14.1. The molecule has 0 aromatic heterocycles. The highest BCUT2D eigenvalue weighted by Gasteiger charge is 2.26. The van der Waals surface area contributed by atoms with E-state index in [0.717, 1.165) is 29.9 Å². The molecule has 20 heavy (non-hydrogen) atoms. The van der Waals surface area contributed by atoms with E-state index in [1.165, 1.54) is 5.56 Å². The van der Waals surface area contributed by atoms with Gasteiger partial charge in [-0.05, 0) is 30.2 Å². The summed E-state index contributed by atoms with van der Waals surface area (Å²) in [6, 6.07) is 15.9. The van der Waals surface area contributed by atoms with Crippen molar-refractivity contribution < 1.29 is 4.79 Å². The molecule has 1 amide bonds. The molecule has 0 N–H and O–H groups in total. The molecule has 0 bridgehead atoms. The van der Waals surface area contributed by atoms with Gasteiger partial charge in [0.2, 0.25) is 0 Å². The molecule has 0 atom stereocenters. The second-order valence-corrected chi connectivity index (χ2v) is 5.25. The fourth-order valence-electron chi connectivity index (χ4n) is 2.74. The third kappa shape index (κ3) is 2.05. The highest BCUT2D eigenvalue weighted by molar-refractivity contribution is 6.10. The minimum Gasteiger partial charge on any atom is -0.377 e. The summed E-state index contributed by atoms with van der Waals surface area (Å²) in [5.74, 6) is 0.0826. The van der Waals surface area contributed by atoms with Crippen molar-refractivity contribution in [3.8, 4) is 0 Å². The Morgan fingerprint density at radius 1 is 1.05 bits per heavy atom. The van der Waals surface area contributed by atoms with Crippen LogP contribution in [0.3, 0.4) is 0 Å². The first-order chi connectivity index (χ1) is 9.68. The predicted octanol–water partition coefficient (Wildman–Crippen LogP) is 2.96. The van der Waals surface area contributed by atoms with E-state index in [0.29, 0.717) is 0 Å². The zero-order valence-electron chi connectivity index (χ0n) is 11.8. The van der Waals surface area contributed by atoms with E-state index >= 15 is 0 Å². The van der Waals surface area contributed by atoms with Gasteiger partial charge in [-0.25, -0.2) is 0 Å². The van der Waals surface area contributed by atoms with Crippen LogP contribution >= 0.6 is 0 Å². The van der Waals surface area contributed by atoms with E-state index in [2.05, 4.69) is 6.07 Å². The van der Waals surface area contributed by atoms with Crippen LogP contribution in [0.5, 0.6) is 0 Å². The number of nitrogens with zero attached hydrogens (tertiary/aromatic N) is 2. The Balaban J connectivity index is 1.99. The lowest BCUT2D eigenvalue weighted by molar-refractivity contribution is 0.0990. The van der Waals surface area contributed by atoms with Gasteiger partial charge in [-0.2, -0.15) is 0 Å². The van der Waals surface area contributed by atoms with Crippen LogP contribution in [0.15, 0.2) is 48.5 Å². The molecule has 1 aliphatic rings. The van der Waals surface area contributed by atoms with Gasteiger partial charge < -0.3 is 9.80 Å². The molecule has 0 saturated carbocycles. The fraction of sp³-hybridized carbons (Fsp3) is 0.235. The largest absolute Gasteiger partial charge is 0.377 e. The quantitative estimate of drug-likeness (QED) is 0.834. The highest BCUT2D eigenvalue weighted by Crippen LogP contribution is 2.30. The molecular formula is C17H18N2O. The first-order valence-corrected chi connectivity index (χ1v) is 6.84. The van der Waals surface area contributed by atoms with E-state index in [1.54, 1.807) is 0 Å². The molecule has 0 radical (unpaired) electrons. The minimum atomic E-state index is 0.0826. The van der Waals surface area contributed by atoms with Crippen LogP contribution in [-0.2, 0) is 6.42 Å². The fourth-order valence-corrected chi connectivity index (χ4v) is 2.74. The summed E-state index contributed by atoms with van der Waals surface area (Å²) < 4.78 is 0. The summed E-state index contributed by atoms with van der Waals surface area (Å²) >= 11 is 0. The van der Waals surface area contributed by atoms with Gasteiger partial charge in [-0.1, -0.05) is 30.3 Å². The van der Waals surface area contributed by atoms with Crippen molar-refractivity contribution >= 4 is 17.3 Å². The Morgan fingerprint density at radius 2 is 1.75 bits per heavy atom. The third-order valence-corrected chi connectivity index (χ3v) is 3.75. The molecule has 0 aliphatic carbocycles. The van der Waals surface area contributed by atoms with Crippen LogP contribution in [0.4, 0.5) is 11.4 Å². The summed E-state index contributed by atoms with van der Waals surface area (Å²) in [6.45, 7) is 0.764. The Bertz CT molecular complexity index is 649. The van der Waals surface area contributed by atoms with Crippen LogP contribution in [0.25, 0.3) is 0 Å². The van der Waals surface area contributed by atoms with Crippen molar-refractivity contribution in [3.63, 3.8) is 0 Å². The molecule has 0 unspecified atom stereocenters. The molecule has 2 aromatic carbocycles. The van der Waals surface area contributed by atoms with Crippen LogP contribution in [0.2, 0.25) is 0 Å². The maximum absolute atomic E-state index is 12.8. The van der Waals surface area contributed by atoms with E-state index in [-0.39, 0.29) is 5.91 Å². The number of amides is 1. The Labute approximate surface area is 119 Å². The molecular weight excluding hydrogens is 248 g/mol. The molecule has 0 spiro atoms. The average molecular weight is 266 g/mol. The van der Waals surface area contributed by atoms with Gasteiger partial charge in [0.15, 0.2) is 0 Å². The van der Waals surface area contributed by atoms with E-state index < -0.39 is 0 Å². The number of anilines is 2. The average Bonchev–Trinajstić information content (AvgIpc) is 2.90. The number of hydrogen-bond acceptors (Lipinski definition) is 2. The van der Waals surface area contributed by atoms with Gasteiger partial charge in [-0.3, -0.25) is 4.79 Å². The third-order valence-electron chi connectivity index (χ3n) is 3.75. The maximum Gasteiger partial charge on any atom is 0.260 e. The molecule has 3 heteroatoms. The SMILES string of the molecule is CN(C)c1ccccc1C(=O)N1CCc2ccccc21. The number of rotatable bonds is 2. The standard InChI is InChI=1S/C17H18N2O/c1-18(2)16-10-6-4-8-14(16)17(20)19-12-11-13-7-3-5-9-15(13)19/h3-10H,11-12H2,1-2H3. The zero-order valence-corrected chi connectivity index (χ0v) is 11.8. The second kappa shape index (κ2) is 5.00. The number of para-hydroxylation sites is 2. The van der Waals surface area contributed by atoms with Crippen LogP contribution in [0, 0.1) is 0 Å². The second-order valence-electron chi connectivity index (χ2n) is 5.25. The highest BCUT2D eigenvalue weighted by atomic mass is 16.2. The molecule has 1 aliphatic heterocycles. The van der Waals surface area contributed by atoms with Gasteiger partial charge in [0, 0.05) is 32.0 Å². The van der Waals surface area contributed by atoms with Gasteiger partial charge in [0.05, 0.1) is 5.56 Å². The van der Waals surface area contributed by atoms with Crippen molar-refractivity contribution in [1.82, 2.24) is 0 Å². The van der Waals surface area contributed by atoms with Crippen LogP contribution in [-0.4, -0.2) is 26.5 Å². The number of hydrogen-bond donors (Lipinski definition) is 0. The lowest BCUT2D eigenvalue weighted by Crippen LogP contribution is -2.30. The van der Waals surface area contributed by atoms with Gasteiger partial charge in [0.1, 0.15) is 0 Å². The van der Waals surface area contributed by atoms with Crippen LogP contribution in [0.1, 0.15) is 15.9 Å². The van der Waals surface area contributed by atoms with Gasteiger partial charge in [0.25, 0.3) is 5.91 Å². The predicted molar refractivity (Wildman–Crippen MR) is 82.6 cm³/mol. The molecule has 1 heterocycles. The Kier molecular flexibility index (Phi) is 3.18. The number of fused-ring (bicyclic) bond motifs is 1. The molecule has 3 rings (SSSR count). The van der Waals surface area contributed by atoms with Crippen molar-refractivity contribution in [3.05, 3.63) is 59.7 Å². The number of carbonyl (C=O) groups excluding carboxylic acids is 1. The topological polar surface area (TPSA) is 23.6 Å². The smallest absolute Gasteiger partial charge is 0.260 e. The Morgan fingerprint density at radius 3 is 2.55 bits per heavy atom. The summed E-state index contributed by atoms with van der Waals surface area (Å²) in [5.41, 5.74) is 4.02. The van der Waals surface area contributed by atoms with Crippen molar-refractivity contribution in [2.75, 3.05) is 30.4 Å². The molecule has 3 nitrogen and oxygen atoms in total. The first kappa shape index (κ1) is 12.7. The van der Waals surface area contributed by atoms with Gasteiger partial charge in [-0.15, -0.1) is 0 Å². The summed E-state index contributed by atoms with van der Waals surface area (Å²) in [5, 5.41) is 0. The van der Waals surface area contributed by atoms with Gasteiger partial charge >= 0.3 is 0 Å². The molecule has 0 fully saturated rings. The maximum atomic E-state index is 12.8. The van der Waals surface area contributed by atoms with Crippen LogP contribution < -0.4 is 9.80 Å². The van der Waals surface area contributed by atoms with E-state index in [1.807, 2.05) is 66.4 Å². The lowest BCUT2D eigenvalue weighted by atomic mass is 10.1. The Hall–Kier alpha value is -2.29.